The maximum absolute atomic E-state index is 6.33. The lowest BCUT2D eigenvalue weighted by Gasteiger charge is -2.33. The fourth-order valence-electron chi connectivity index (χ4n) is 3.70. The molecule has 3 heterocycles. The van der Waals surface area contributed by atoms with Crippen LogP contribution in [-0.2, 0) is 6.54 Å². The van der Waals surface area contributed by atoms with Crippen LogP contribution < -0.4 is 9.80 Å². The summed E-state index contributed by atoms with van der Waals surface area (Å²) in [4.78, 5) is 12.9. The van der Waals surface area contributed by atoms with Gasteiger partial charge in [0.2, 0.25) is 0 Å². The van der Waals surface area contributed by atoms with Crippen molar-refractivity contribution < 1.29 is 4.90 Å². The third-order valence-electron chi connectivity index (χ3n) is 5.07. The van der Waals surface area contributed by atoms with Crippen LogP contribution in [0, 0.1) is 0 Å². The van der Waals surface area contributed by atoms with Crippen molar-refractivity contribution in [2.45, 2.75) is 13.5 Å². The Hall–Kier alpha value is -2.15. The number of fused-ring (bicyclic) bond motifs is 1. The van der Waals surface area contributed by atoms with Gasteiger partial charge in [-0.15, -0.1) is 0 Å². The zero-order valence-corrected chi connectivity index (χ0v) is 17.3. The Bertz CT molecular complexity index is 1010. The molecule has 0 unspecified atom stereocenters. The Balaban J connectivity index is 1.56. The Kier molecular flexibility index (Phi) is 5.53. The lowest BCUT2D eigenvalue weighted by atomic mass is 10.2. The first-order valence-corrected chi connectivity index (χ1v) is 10.1. The quantitative estimate of drug-likeness (QED) is 0.647. The molecule has 6 nitrogen and oxygen atoms in total. The van der Waals surface area contributed by atoms with Gasteiger partial charge in [-0.05, 0) is 30.2 Å². The predicted molar refractivity (Wildman–Crippen MR) is 113 cm³/mol. The van der Waals surface area contributed by atoms with E-state index in [1.54, 1.807) is 17.3 Å². The lowest BCUT2D eigenvalue weighted by molar-refractivity contribution is -0.895. The third kappa shape index (κ3) is 3.99. The molecule has 4 rings (SSSR count). The van der Waals surface area contributed by atoms with Gasteiger partial charge in [0.15, 0.2) is 5.65 Å². The van der Waals surface area contributed by atoms with Crippen molar-refractivity contribution in [3.8, 4) is 0 Å². The zero-order chi connectivity index (χ0) is 19.7. The van der Waals surface area contributed by atoms with Crippen molar-refractivity contribution in [2.24, 2.45) is 0 Å². The monoisotopic (exact) mass is 417 g/mol. The van der Waals surface area contributed by atoms with Gasteiger partial charge < -0.3 is 9.80 Å². The molecule has 0 aliphatic carbocycles. The molecule has 0 atom stereocenters. The largest absolute Gasteiger partial charge is 0.345 e. The van der Waals surface area contributed by atoms with Gasteiger partial charge in [0.05, 0.1) is 50.9 Å². The minimum absolute atomic E-state index is 0.534. The van der Waals surface area contributed by atoms with Crippen LogP contribution in [0.15, 0.2) is 42.9 Å². The Morgan fingerprint density at radius 1 is 1.21 bits per heavy atom. The molecule has 3 aromatic rings. The van der Waals surface area contributed by atoms with Crippen molar-refractivity contribution in [3.63, 3.8) is 0 Å². The van der Waals surface area contributed by atoms with Crippen molar-refractivity contribution in [2.75, 3.05) is 37.6 Å². The smallest absolute Gasteiger partial charge is 0.163 e. The van der Waals surface area contributed by atoms with Crippen LogP contribution in [0.4, 0.5) is 5.82 Å². The van der Waals surface area contributed by atoms with Crippen molar-refractivity contribution in [1.82, 2.24) is 19.7 Å². The first-order valence-electron chi connectivity index (χ1n) is 9.34. The summed E-state index contributed by atoms with van der Waals surface area (Å²) in [5, 5.41) is 6.76. The SMILES string of the molecule is C=C(C)C[NH+]1CCN(c2ncnc3c2cnn3Cc2ccc(Cl)cc2Cl)CC1. The fourth-order valence-corrected chi connectivity index (χ4v) is 4.17. The second-order valence-corrected chi connectivity index (χ2v) is 8.19. The number of hydrogen-bond donors (Lipinski definition) is 1. The molecule has 1 aliphatic heterocycles. The Labute approximate surface area is 174 Å². The molecule has 1 N–H and O–H groups in total. The van der Waals surface area contributed by atoms with Crippen LogP contribution in [0.2, 0.25) is 10.0 Å². The highest BCUT2D eigenvalue weighted by Crippen LogP contribution is 2.25. The second kappa shape index (κ2) is 8.07. The number of halogens is 2. The normalized spacial score (nSPS) is 15.3. The van der Waals surface area contributed by atoms with Crippen LogP contribution in [0.25, 0.3) is 11.0 Å². The lowest BCUT2D eigenvalue weighted by Crippen LogP contribution is -3.15. The average Bonchev–Trinajstić information content (AvgIpc) is 3.07. The number of nitrogens with one attached hydrogen (secondary N) is 1. The summed E-state index contributed by atoms with van der Waals surface area (Å²) < 4.78 is 1.86. The molecule has 8 heteroatoms. The molecule has 1 fully saturated rings. The maximum Gasteiger partial charge on any atom is 0.163 e. The molecule has 1 aromatic carbocycles. The number of anilines is 1. The Morgan fingerprint density at radius 2 is 2.00 bits per heavy atom. The van der Waals surface area contributed by atoms with E-state index in [4.69, 9.17) is 23.2 Å². The summed E-state index contributed by atoms with van der Waals surface area (Å²) in [6.45, 7) is 11.8. The van der Waals surface area contributed by atoms with Crippen LogP contribution in [-0.4, -0.2) is 52.5 Å². The second-order valence-electron chi connectivity index (χ2n) is 7.34. The fraction of sp³-hybridized carbons (Fsp3) is 0.350. The van der Waals surface area contributed by atoms with Crippen LogP contribution in [0.1, 0.15) is 12.5 Å². The predicted octanol–water partition coefficient (Wildman–Crippen LogP) is 2.46. The van der Waals surface area contributed by atoms with Gasteiger partial charge in [-0.3, -0.25) is 0 Å². The molecule has 0 radical (unpaired) electrons. The van der Waals surface area contributed by atoms with Crippen molar-refractivity contribution in [3.05, 3.63) is 58.5 Å². The molecular formula is C20H23Cl2N6+. The van der Waals surface area contributed by atoms with Gasteiger partial charge in [-0.25, -0.2) is 14.6 Å². The van der Waals surface area contributed by atoms with E-state index >= 15 is 0 Å². The molecule has 1 saturated heterocycles. The highest BCUT2D eigenvalue weighted by atomic mass is 35.5. The van der Waals surface area contributed by atoms with E-state index in [1.165, 1.54) is 5.57 Å². The minimum Gasteiger partial charge on any atom is -0.345 e. The average molecular weight is 418 g/mol. The van der Waals surface area contributed by atoms with Gasteiger partial charge >= 0.3 is 0 Å². The van der Waals surface area contributed by atoms with Gasteiger partial charge in [0.1, 0.15) is 12.1 Å². The molecule has 146 valence electrons. The van der Waals surface area contributed by atoms with Gasteiger partial charge in [-0.1, -0.05) is 35.8 Å². The summed E-state index contributed by atoms with van der Waals surface area (Å²) in [6.07, 6.45) is 3.47. The van der Waals surface area contributed by atoms with Gasteiger partial charge in [0.25, 0.3) is 0 Å². The maximum atomic E-state index is 6.33. The van der Waals surface area contributed by atoms with Crippen LogP contribution in [0.3, 0.4) is 0 Å². The number of nitrogens with zero attached hydrogens (tertiary/aromatic N) is 5. The van der Waals surface area contributed by atoms with E-state index < -0.39 is 0 Å². The molecule has 0 amide bonds. The van der Waals surface area contributed by atoms with E-state index in [2.05, 4.69) is 33.5 Å². The number of rotatable bonds is 5. The Morgan fingerprint density at radius 3 is 2.71 bits per heavy atom. The van der Waals surface area contributed by atoms with E-state index in [0.29, 0.717) is 16.6 Å². The van der Waals surface area contributed by atoms with Crippen molar-refractivity contribution >= 4 is 40.1 Å². The molecule has 2 aromatic heterocycles. The first-order chi connectivity index (χ1) is 13.5. The number of hydrogen-bond acceptors (Lipinski definition) is 4. The molecule has 0 spiro atoms. The van der Waals surface area contributed by atoms with Crippen LogP contribution >= 0.6 is 23.2 Å². The molecular weight excluding hydrogens is 395 g/mol. The molecule has 28 heavy (non-hydrogen) atoms. The first kappa shape index (κ1) is 19.2. The summed E-state index contributed by atoms with van der Waals surface area (Å²) in [6, 6.07) is 5.50. The third-order valence-corrected chi connectivity index (χ3v) is 5.66. The highest BCUT2D eigenvalue weighted by Gasteiger charge is 2.23. The summed E-state index contributed by atoms with van der Waals surface area (Å²) in [7, 11) is 0. The van der Waals surface area contributed by atoms with Crippen molar-refractivity contribution in [1.29, 1.82) is 0 Å². The number of aromatic nitrogens is 4. The highest BCUT2D eigenvalue weighted by molar-refractivity contribution is 6.35. The van der Waals surface area contributed by atoms with E-state index in [0.717, 1.165) is 55.1 Å². The topological polar surface area (TPSA) is 51.3 Å². The molecule has 1 aliphatic rings. The van der Waals surface area contributed by atoms with Gasteiger partial charge in [-0.2, -0.15) is 5.10 Å². The number of quaternary nitrogens is 1. The molecule has 0 bridgehead atoms. The minimum atomic E-state index is 0.534. The zero-order valence-electron chi connectivity index (χ0n) is 15.8. The van der Waals surface area contributed by atoms with E-state index in [-0.39, 0.29) is 0 Å². The van der Waals surface area contributed by atoms with Gasteiger partial charge in [0, 0.05) is 10.0 Å². The number of piperazine rings is 1. The number of benzene rings is 1. The summed E-state index contributed by atoms with van der Waals surface area (Å²) in [5.41, 5.74) is 3.00. The van der Waals surface area contributed by atoms with E-state index in [1.807, 2.05) is 23.0 Å². The summed E-state index contributed by atoms with van der Waals surface area (Å²) >= 11 is 12.3. The van der Waals surface area contributed by atoms with Crippen LogP contribution in [0.5, 0.6) is 0 Å². The summed E-state index contributed by atoms with van der Waals surface area (Å²) in [5.74, 6) is 0.952. The standard InChI is InChI=1S/C20H22Cl2N6/c1-14(2)11-26-5-7-27(8-6-26)19-17-10-25-28(20(17)24-13-23-19)12-15-3-4-16(21)9-18(15)22/h3-4,9-10,13H,1,5-8,11-12H2,2H3/p+1. The van der Waals surface area contributed by atoms with E-state index in [9.17, 15) is 0 Å². The molecule has 0 saturated carbocycles.